The first-order valence-electron chi connectivity index (χ1n) is 10.5. The van der Waals surface area contributed by atoms with Crippen LogP contribution in [0.25, 0.3) is 17.1 Å². The van der Waals surface area contributed by atoms with E-state index in [2.05, 4.69) is 36.7 Å². The summed E-state index contributed by atoms with van der Waals surface area (Å²) in [5, 5.41) is 13.4. The van der Waals surface area contributed by atoms with E-state index in [1.807, 2.05) is 59.2 Å². The molecule has 0 saturated carbocycles. The molecule has 35 heavy (non-hydrogen) atoms. The summed E-state index contributed by atoms with van der Waals surface area (Å²) in [5.41, 5.74) is 5.08. The Balaban J connectivity index is 1.47. The van der Waals surface area contributed by atoms with Gasteiger partial charge in [-0.25, -0.2) is 5.43 Å². The van der Waals surface area contributed by atoms with Crippen LogP contribution in [0.2, 0.25) is 0 Å². The smallest absolute Gasteiger partial charge is 0.250 e. The standard InChI is InChI=1S/C25H22BrN5O3S/c1-33-21-13-10-18(22(14-21)34-2)15-27-28-23(32)16-35-25-30-29-24(17-8-11-19(26)12-9-17)31(25)20-6-4-3-5-7-20/h3-15H,16H2,1-2H3,(H,28,32)/b27-15+. The maximum atomic E-state index is 12.5. The second-order valence-corrected chi connectivity index (χ2v) is 9.03. The molecule has 0 unspecified atom stereocenters. The van der Waals surface area contributed by atoms with Crippen molar-refractivity contribution in [2.24, 2.45) is 5.10 Å². The molecule has 8 nitrogen and oxygen atoms in total. The molecule has 4 aromatic rings. The summed E-state index contributed by atoms with van der Waals surface area (Å²) in [6, 6.07) is 23.0. The van der Waals surface area contributed by atoms with Crippen molar-refractivity contribution in [1.29, 1.82) is 0 Å². The number of ether oxygens (including phenoxy) is 2. The predicted molar refractivity (Wildman–Crippen MR) is 141 cm³/mol. The molecule has 0 aliphatic heterocycles. The highest BCUT2D eigenvalue weighted by atomic mass is 79.9. The number of hydrogen-bond donors (Lipinski definition) is 1. The Morgan fingerprint density at radius 1 is 1.06 bits per heavy atom. The lowest BCUT2D eigenvalue weighted by Crippen LogP contribution is -2.20. The minimum Gasteiger partial charge on any atom is -0.497 e. The highest BCUT2D eigenvalue weighted by Gasteiger charge is 2.17. The summed E-state index contributed by atoms with van der Waals surface area (Å²) in [5.74, 6) is 1.79. The van der Waals surface area contributed by atoms with Crippen molar-refractivity contribution in [3.05, 3.63) is 82.8 Å². The molecule has 0 fully saturated rings. The molecule has 1 amide bonds. The van der Waals surface area contributed by atoms with E-state index in [0.29, 0.717) is 28.0 Å². The molecule has 178 valence electrons. The molecule has 3 aromatic carbocycles. The maximum Gasteiger partial charge on any atom is 0.250 e. The van der Waals surface area contributed by atoms with Crippen molar-refractivity contribution >= 4 is 39.8 Å². The number of benzene rings is 3. The van der Waals surface area contributed by atoms with E-state index < -0.39 is 0 Å². The van der Waals surface area contributed by atoms with Crippen LogP contribution < -0.4 is 14.9 Å². The summed E-state index contributed by atoms with van der Waals surface area (Å²) < 4.78 is 13.5. The normalized spacial score (nSPS) is 10.9. The van der Waals surface area contributed by atoms with Gasteiger partial charge in [0.15, 0.2) is 11.0 Å². The summed E-state index contributed by atoms with van der Waals surface area (Å²) >= 11 is 4.74. The van der Waals surface area contributed by atoms with Crippen LogP contribution in [0, 0.1) is 0 Å². The van der Waals surface area contributed by atoms with E-state index in [1.54, 1.807) is 32.4 Å². The Hall–Kier alpha value is -3.63. The van der Waals surface area contributed by atoms with Crippen LogP contribution in [-0.2, 0) is 4.79 Å². The van der Waals surface area contributed by atoms with Gasteiger partial charge in [0.05, 0.1) is 26.2 Å². The fourth-order valence-electron chi connectivity index (χ4n) is 3.22. The van der Waals surface area contributed by atoms with Crippen molar-refractivity contribution < 1.29 is 14.3 Å². The number of amides is 1. The number of halogens is 1. The Labute approximate surface area is 215 Å². The number of rotatable bonds is 9. The first-order chi connectivity index (χ1) is 17.1. The molecule has 1 heterocycles. The highest BCUT2D eigenvalue weighted by Crippen LogP contribution is 2.28. The van der Waals surface area contributed by atoms with Crippen LogP contribution in [0.1, 0.15) is 5.56 Å². The number of methoxy groups -OCH3 is 2. The highest BCUT2D eigenvalue weighted by molar-refractivity contribution is 9.10. The molecule has 0 aliphatic carbocycles. The van der Waals surface area contributed by atoms with Gasteiger partial charge in [-0.3, -0.25) is 9.36 Å². The average Bonchev–Trinajstić information content (AvgIpc) is 3.32. The number of carbonyl (C=O) groups excluding carboxylic acids is 1. The molecule has 1 aromatic heterocycles. The summed E-state index contributed by atoms with van der Waals surface area (Å²) in [6.45, 7) is 0. The quantitative estimate of drug-likeness (QED) is 0.180. The van der Waals surface area contributed by atoms with Crippen molar-refractivity contribution in [2.75, 3.05) is 20.0 Å². The predicted octanol–water partition coefficient (Wildman–Crippen LogP) is 4.96. The van der Waals surface area contributed by atoms with Gasteiger partial charge in [0, 0.05) is 27.4 Å². The fourth-order valence-corrected chi connectivity index (χ4v) is 4.23. The molecular weight excluding hydrogens is 530 g/mol. The van der Waals surface area contributed by atoms with E-state index in [4.69, 9.17) is 9.47 Å². The van der Waals surface area contributed by atoms with Gasteiger partial charge in [-0.05, 0) is 36.4 Å². The van der Waals surface area contributed by atoms with Crippen LogP contribution >= 0.6 is 27.7 Å². The number of hydrogen-bond acceptors (Lipinski definition) is 7. The van der Waals surface area contributed by atoms with Gasteiger partial charge in [0.25, 0.3) is 5.91 Å². The van der Waals surface area contributed by atoms with E-state index in [-0.39, 0.29) is 11.7 Å². The molecule has 0 aliphatic rings. The fraction of sp³-hybridized carbons (Fsp3) is 0.120. The lowest BCUT2D eigenvalue weighted by Gasteiger charge is -2.10. The average molecular weight is 552 g/mol. The first kappa shape index (κ1) is 24.5. The molecule has 0 spiro atoms. The van der Waals surface area contributed by atoms with Gasteiger partial charge in [-0.2, -0.15) is 5.10 Å². The van der Waals surface area contributed by atoms with E-state index in [9.17, 15) is 4.79 Å². The molecule has 4 rings (SSSR count). The zero-order valence-electron chi connectivity index (χ0n) is 19.0. The first-order valence-corrected chi connectivity index (χ1v) is 12.3. The third kappa shape index (κ3) is 6.09. The maximum absolute atomic E-state index is 12.5. The van der Waals surface area contributed by atoms with Crippen LogP contribution in [0.3, 0.4) is 0 Å². The van der Waals surface area contributed by atoms with Gasteiger partial charge in [0.2, 0.25) is 0 Å². The summed E-state index contributed by atoms with van der Waals surface area (Å²) in [6.07, 6.45) is 1.53. The third-order valence-corrected chi connectivity index (χ3v) is 6.37. The second kappa shape index (κ2) is 11.7. The molecule has 10 heteroatoms. The number of nitrogens with one attached hydrogen (secondary N) is 1. The second-order valence-electron chi connectivity index (χ2n) is 7.17. The van der Waals surface area contributed by atoms with Crippen LogP contribution in [-0.4, -0.2) is 46.9 Å². The lowest BCUT2D eigenvalue weighted by atomic mass is 10.2. The largest absolute Gasteiger partial charge is 0.497 e. The van der Waals surface area contributed by atoms with Crippen LogP contribution in [0.15, 0.2) is 87.5 Å². The number of nitrogens with zero attached hydrogens (tertiary/aromatic N) is 4. The van der Waals surface area contributed by atoms with Crippen molar-refractivity contribution in [2.45, 2.75) is 5.16 Å². The van der Waals surface area contributed by atoms with Crippen molar-refractivity contribution in [1.82, 2.24) is 20.2 Å². The molecule has 0 atom stereocenters. The van der Waals surface area contributed by atoms with Gasteiger partial charge < -0.3 is 9.47 Å². The monoisotopic (exact) mass is 551 g/mol. The van der Waals surface area contributed by atoms with E-state index in [1.165, 1.54) is 18.0 Å². The molecule has 0 saturated heterocycles. The Bertz CT molecular complexity index is 1330. The zero-order valence-corrected chi connectivity index (χ0v) is 21.4. The summed E-state index contributed by atoms with van der Waals surface area (Å²) in [7, 11) is 3.15. The van der Waals surface area contributed by atoms with Crippen LogP contribution in [0.5, 0.6) is 11.5 Å². The van der Waals surface area contributed by atoms with E-state index >= 15 is 0 Å². The number of carbonyl (C=O) groups is 1. The Morgan fingerprint density at radius 3 is 2.54 bits per heavy atom. The van der Waals surface area contributed by atoms with Crippen molar-refractivity contribution in [3.8, 4) is 28.6 Å². The molecule has 0 bridgehead atoms. The van der Waals surface area contributed by atoms with Gasteiger partial charge in [0.1, 0.15) is 11.5 Å². The lowest BCUT2D eigenvalue weighted by molar-refractivity contribution is -0.118. The van der Waals surface area contributed by atoms with Gasteiger partial charge >= 0.3 is 0 Å². The Kier molecular flexibility index (Phi) is 8.17. The number of para-hydroxylation sites is 1. The minimum absolute atomic E-state index is 0.113. The number of aromatic nitrogens is 3. The minimum atomic E-state index is -0.272. The van der Waals surface area contributed by atoms with Crippen LogP contribution in [0.4, 0.5) is 0 Å². The number of thioether (sulfide) groups is 1. The van der Waals surface area contributed by atoms with Gasteiger partial charge in [-0.15, -0.1) is 10.2 Å². The summed E-state index contributed by atoms with van der Waals surface area (Å²) in [4.78, 5) is 12.5. The number of hydrazone groups is 1. The van der Waals surface area contributed by atoms with E-state index in [0.717, 1.165) is 15.7 Å². The SMILES string of the molecule is COc1ccc(/C=N/NC(=O)CSc2nnc(-c3ccc(Br)cc3)n2-c2ccccc2)c(OC)c1. The molecule has 0 radical (unpaired) electrons. The van der Waals surface area contributed by atoms with Gasteiger partial charge in [-0.1, -0.05) is 58.0 Å². The molecule has 1 N–H and O–H groups in total. The Morgan fingerprint density at radius 2 is 1.83 bits per heavy atom. The topological polar surface area (TPSA) is 90.6 Å². The molecular formula is C25H22BrN5O3S. The zero-order chi connectivity index (χ0) is 24.6. The third-order valence-electron chi connectivity index (χ3n) is 4.92. The van der Waals surface area contributed by atoms with Crippen molar-refractivity contribution in [3.63, 3.8) is 0 Å².